The van der Waals surface area contributed by atoms with E-state index in [0.29, 0.717) is 13.2 Å². The second-order valence-electron chi connectivity index (χ2n) is 7.09. The third-order valence-electron chi connectivity index (χ3n) is 5.07. The third kappa shape index (κ3) is 3.97. The van der Waals surface area contributed by atoms with E-state index in [2.05, 4.69) is 17.0 Å². The zero-order valence-electron chi connectivity index (χ0n) is 14.7. The highest BCUT2D eigenvalue weighted by Crippen LogP contribution is 2.37. The zero-order valence-corrected chi connectivity index (χ0v) is 14.7. The van der Waals surface area contributed by atoms with Gasteiger partial charge in [-0.05, 0) is 24.8 Å². The molecule has 0 aromatic heterocycles. The number of ether oxygens (including phenoxy) is 2. The Morgan fingerprint density at radius 1 is 1.38 bits per heavy atom. The van der Waals surface area contributed by atoms with E-state index < -0.39 is 0 Å². The highest BCUT2D eigenvalue weighted by atomic mass is 16.6. The number of amides is 1. The number of carbonyl (C=O) groups excluding carboxylic acids is 1. The smallest absolute Gasteiger partial charge is 0.236 e. The number of carbonyl (C=O) groups is 1. The van der Waals surface area contributed by atoms with Gasteiger partial charge in [-0.15, -0.1) is 0 Å². The molecule has 1 spiro atoms. The van der Waals surface area contributed by atoms with Crippen molar-refractivity contribution in [2.24, 2.45) is 0 Å². The average Bonchev–Trinajstić information content (AvgIpc) is 3.03. The molecule has 5 nitrogen and oxygen atoms in total. The maximum atomic E-state index is 12.0. The fourth-order valence-electron chi connectivity index (χ4n) is 3.69. The Balaban J connectivity index is 1.62. The van der Waals surface area contributed by atoms with Gasteiger partial charge in [0.15, 0.2) is 0 Å². The summed E-state index contributed by atoms with van der Waals surface area (Å²) in [6.45, 7) is 3.54. The first-order valence-electron chi connectivity index (χ1n) is 8.81. The van der Waals surface area contributed by atoms with E-state index in [4.69, 9.17) is 9.47 Å². The molecule has 2 heterocycles. The van der Waals surface area contributed by atoms with Crippen LogP contribution in [0.1, 0.15) is 24.8 Å². The van der Waals surface area contributed by atoms with Gasteiger partial charge >= 0.3 is 0 Å². The van der Waals surface area contributed by atoms with Crippen LogP contribution in [0.15, 0.2) is 30.3 Å². The van der Waals surface area contributed by atoms with Crippen LogP contribution in [-0.4, -0.2) is 67.7 Å². The summed E-state index contributed by atoms with van der Waals surface area (Å²) in [5, 5.41) is 0. The van der Waals surface area contributed by atoms with Gasteiger partial charge in [-0.3, -0.25) is 9.69 Å². The minimum Gasteiger partial charge on any atom is -0.371 e. The molecule has 2 atom stereocenters. The molecule has 1 aromatic carbocycles. The molecule has 0 bridgehead atoms. The minimum absolute atomic E-state index is 0.103. The van der Waals surface area contributed by atoms with Crippen molar-refractivity contribution in [1.29, 1.82) is 0 Å². The Labute approximate surface area is 144 Å². The molecular formula is C19H28N2O3. The van der Waals surface area contributed by atoms with Crippen LogP contribution in [0.25, 0.3) is 0 Å². The molecule has 1 aromatic rings. The Morgan fingerprint density at radius 3 is 2.83 bits per heavy atom. The SMILES string of the molecule is CN(C)C(=O)CN1CC[C@H](OCc2ccccc2)[C@]2(CCCO2)C1. The Bertz CT molecular complexity index is 541. The van der Waals surface area contributed by atoms with E-state index in [1.165, 1.54) is 5.56 Å². The van der Waals surface area contributed by atoms with Crippen LogP contribution in [0.2, 0.25) is 0 Å². The number of hydrogen-bond acceptors (Lipinski definition) is 4. The topological polar surface area (TPSA) is 42.0 Å². The first kappa shape index (κ1) is 17.4. The predicted molar refractivity (Wildman–Crippen MR) is 92.7 cm³/mol. The van der Waals surface area contributed by atoms with Crippen molar-refractivity contribution >= 4 is 5.91 Å². The van der Waals surface area contributed by atoms with E-state index in [1.54, 1.807) is 19.0 Å². The number of piperidine rings is 1. The van der Waals surface area contributed by atoms with E-state index >= 15 is 0 Å². The van der Waals surface area contributed by atoms with Gasteiger partial charge in [0.2, 0.25) is 5.91 Å². The maximum absolute atomic E-state index is 12.0. The number of hydrogen-bond donors (Lipinski definition) is 0. The van der Waals surface area contributed by atoms with Crippen LogP contribution in [0.5, 0.6) is 0 Å². The number of nitrogens with zero attached hydrogens (tertiary/aromatic N) is 2. The van der Waals surface area contributed by atoms with Crippen LogP contribution in [0.3, 0.4) is 0 Å². The Morgan fingerprint density at radius 2 is 2.17 bits per heavy atom. The summed E-state index contributed by atoms with van der Waals surface area (Å²) < 4.78 is 12.4. The molecule has 2 aliphatic heterocycles. The molecule has 0 radical (unpaired) electrons. The lowest BCUT2D eigenvalue weighted by Gasteiger charge is -2.45. The summed E-state index contributed by atoms with van der Waals surface area (Å²) in [5.74, 6) is 0.145. The normalized spacial score (nSPS) is 27.5. The summed E-state index contributed by atoms with van der Waals surface area (Å²) in [5.41, 5.74) is 0.940. The second kappa shape index (κ2) is 7.64. The molecule has 2 saturated heterocycles. The number of rotatable bonds is 5. The second-order valence-corrected chi connectivity index (χ2v) is 7.09. The van der Waals surface area contributed by atoms with Crippen LogP contribution >= 0.6 is 0 Å². The molecular weight excluding hydrogens is 304 g/mol. The summed E-state index contributed by atoms with van der Waals surface area (Å²) in [4.78, 5) is 15.9. The van der Waals surface area contributed by atoms with E-state index in [1.807, 2.05) is 18.2 Å². The van der Waals surface area contributed by atoms with Crippen molar-refractivity contribution in [3.8, 4) is 0 Å². The van der Waals surface area contributed by atoms with Crippen molar-refractivity contribution in [2.45, 2.75) is 37.6 Å². The van der Waals surface area contributed by atoms with Gasteiger partial charge in [-0.1, -0.05) is 30.3 Å². The summed E-state index contributed by atoms with van der Waals surface area (Å²) in [6, 6.07) is 10.3. The van der Waals surface area contributed by atoms with Gasteiger partial charge in [0, 0.05) is 33.8 Å². The van der Waals surface area contributed by atoms with E-state index in [9.17, 15) is 4.79 Å². The molecule has 132 valence electrons. The van der Waals surface area contributed by atoms with Crippen molar-refractivity contribution in [2.75, 3.05) is 40.3 Å². The molecule has 0 aliphatic carbocycles. The molecule has 0 saturated carbocycles. The van der Waals surface area contributed by atoms with E-state index in [0.717, 1.165) is 39.0 Å². The highest BCUT2D eigenvalue weighted by Gasteiger charge is 2.47. The monoisotopic (exact) mass is 332 g/mol. The zero-order chi connectivity index (χ0) is 17.0. The minimum atomic E-state index is -0.250. The van der Waals surface area contributed by atoms with Crippen molar-refractivity contribution in [1.82, 2.24) is 9.80 Å². The van der Waals surface area contributed by atoms with E-state index in [-0.39, 0.29) is 17.6 Å². The first-order chi connectivity index (χ1) is 11.6. The van der Waals surface area contributed by atoms with Crippen LogP contribution in [0.4, 0.5) is 0 Å². The Hall–Kier alpha value is -1.43. The van der Waals surface area contributed by atoms with Crippen molar-refractivity contribution in [3.05, 3.63) is 35.9 Å². The van der Waals surface area contributed by atoms with Gasteiger partial charge in [0.1, 0.15) is 5.60 Å². The van der Waals surface area contributed by atoms with Gasteiger partial charge in [0.05, 0.1) is 19.3 Å². The molecule has 0 N–H and O–H groups in total. The average molecular weight is 332 g/mol. The van der Waals surface area contributed by atoms with Crippen LogP contribution in [0, 0.1) is 0 Å². The fraction of sp³-hybridized carbons (Fsp3) is 0.632. The van der Waals surface area contributed by atoms with Crippen molar-refractivity contribution in [3.63, 3.8) is 0 Å². The maximum Gasteiger partial charge on any atom is 0.236 e. The van der Waals surface area contributed by atoms with Gasteiger partial charge in [-0.2, -0.15) is 0 Å². The Kier molecular flexibility index (Phi) is 5.54. The van der Waals surface area contributed by atoms with Gasteiger partial charge in [-0.25, -0.2) is 0 Å². The fourth-order valence-corrected chi connectivity index (χ4v) is 3.69. The lowest BCUT2D eigenvalue weighted by Crippen LogP contribution is -2.58. The summed E-state index contributed by atoms with van der Waals surface area (Å²) in [6.07, 6.45) is 3.10. The lowest BCUT2D eigenvalue weighted by molar-refractivity contribution is -0.162. The summed E-state index contributed by atoms with van der Waals surface area (Å²) >= 11 is 0. The molecule has 5 heteroatoms. The van der Waals surface area contributed by atoms with Gasteiger partial charge < -0.3 is 14.4 Å². The van der Waals surface area contributed by atoms with Crippen molar-refractivity contribution < 1.29 is 14.3 Å². The first-order valence-corrected chi connectivity index (χ1v) is 8.81. The number of benzene rings is 1. The number of likely N-dealkylation sites (tertiary alicyclic amines) is 1. The molecule has 1 amide bonds. The van der Waals surface area contributed by atoms with Crippen LogP contribution in [-0.2, 0) is 20.9 Å². The molecule has 0 unspecified atom stereocenters. The lowest BCUT2D eigenvalue weighted by atomic mass is 9.86. The summed E-state index contributed by atoms with van der Waals surface area (Å²) in [7, 11) is 3.61. The molecule has 2 aliphatic rings. The predicted octanol–water partition coefficient (Wildman–Crippen LogP) is 1.91. The highest BCUT2D eigenvalue weighted by molar-refractivity contribution is 5.77. The van der Waals surface area contributed by atoms with Crippen LogP contribution < -0.4 is 0 Å². The largest absolute Gasteiger partial charge is 0.371 e. The standard InChI is InChI=1S/C19H28N2O3/c1-20(2)18(22)13-21-11-9-17(19(15-21)10-6-12-24-19)23-14-16-7-4-3-5-8-16/h3-5,7-8,17H,6,9-15H2,1-2H3/t17-,19-/m0/s1. The number of likely N-dealkylation sites (N-methyl/N-ethyl adjacent to an activating group) is 1. The third-order valence-corrected chi connectivity index (χ3v) is 5.07. The molecule has 24 heavy (non-hydrogen) atoms. The quantitative estimate of drug-likeness (QED) is 0.826. The van der Waals surface area contributed by atoms with Gasteiger partial charge in [0.25, 0.3) is 0 Å². The molecule has 2 fully saturated rings. The molecule has 3 rings (SSSR count).